The van der Waals surface area contributed by atoms with E-state index >= 15 is 0 Å². The Morgan fingerprint density at radius 1 is 1.04 bits per heavy atom. The minimum Gasteiger partial charge on any atom is -0.319 e. The van der Waals surface area contributed by atoms with Crippen LogP contribution >= 0.6 is 0 Å². The quantitative estimate of drug-likeness (QED) is 0.722. The molecule has 0 aliphatic rings. The van der Waals surface area contributed by atoms with Gasteiger partial charge in [-0.15, -0.1) is 0 Å². The van der Waals surface area contributed by atoms with Crippen molar-refractivity contribution >= 4 is 23.2 Å². The molecule has 0 aliphatic heterocycles. The fourth-order valence-corrected chi connectivity index (χ4v) is 2.65. The number of halogens is 2. The smallest absolute Gasteiger partial charge is 0.277 e. The summed E-state index contributed by atoms with van der Waals surface area (Å²) in [6.45, 7) is 3.98. The molecule has 0 bridgehead atoms. The predicted molar refractivity (Wildman–Crippen MR) is 100 cm³/mol. The molecule has 0 aliphatic carbocycles. The van der Waals surface area contributed by atoms with Crippen LogP contribution < -0.4 is 10.2 Å². The summed E-state index contributed by atoms with van der Waals surface area (Å²) >= 11 is 0. The number of anilines is 3. The van der Waals surface area contributed by atoms with E-state index in [4.69, 9.17) is 0 Å². The van der Waals surface area contributed by atoms with Crippen molar-refractivity contribution in [2.45, 2.75) is 13.8 Å². The third-order valence-electron chi connectivity index (χ3n) is 3.90. The third-order valence-corrected chi connectivity index (χ3v) is 3.90. The van der Waals surface area contributed by atoms with E-state index in [-0.39, 0.29) is 23.2 Å². The van der Waals surface area contributed by atoms with Crippen molar-refractivity contribution in [3.63, 3.8) is 0 Å². The topological polar surface area (TPSA) is 58.1 Å². The SMILES string of the molecule is CCN(C(=O)c1cc(C)nc(Nc2c(F)cccc2F)n1)c1ccccc1. The Morgan fingerprint density at radius 2 is 1.70 bits per heavy atom. The van der Waals surface area contributed by atoms with Crippen molar-refractivity contribution in [1.29, 1.82) is 0 Å². The molecule has 7 heteroatoms. The van der Waals surface area contributed by atoms with Gasteiger partial charge in [0.05, 0.1) is 0 Å². The first-order valence-electron chi connectivity index (χ1n) is 8.43. The molecule has 3 aromatic rings. The van der Waals surface area contributed by atoms with Crippen LogP contribution in [0.5, 0.6) is 0 Å². The molecule has 27 heavy (non-hydrogen) atoms. The molecule has 5 nitrogen and oxygen atoms in total. The number of nitrogens with zero attached hydrogens (tertiary/aromatic N) is 3. The average Bonchev–Trinajstić information content (AvgIpc) is 2.66. The zero-order chi connectivity index (χ0) is 19.4. The number of carbonyl (C=O) groups is 1. The number of rotatable bonds is 5. The average molecular weight is 368 g/mol. The molecule has 0 atom stereocenters. The molecule has 0 saturated heterocycles. The van der Waals surface area contributed by atoms with Gasteiger partial charge >= 0.3 is 0 Å². The lowest BCUT2D eigenvalue weighted by Crippen LogP contribution is -2.31. The lowest BCUT2D eigenvalue weighted by molar-refractivity contribution is 0.0983. The number of carbonyl (C=O) groups excluding carboxylic acids is 1. The van der Waals surface area contributed by atoms with Crippen molar-refractivity contribution in [3.05, 3.63) is 77.6 Å². The highest BCUT2D eigenvalue weighted by atomic mass is 19.1. The number of amides is 1. The van der Waals surface area contributed by atoms with Crippen molar-refractivity contribution < 1.29 is 13.6 Å². The van der Waals surface area contributed by atoms with Gasteiger partial charge < -0.3 is 10.2 Å². The van der Waals surface area contributed by atoms with Crippen LogP contribution in [0.4, 0.5) is 26.1 Å². The Balaban J connectivity index is 1.94. The molecule has 1 amide bonds. The number of hydrogen-bond acceptors (Lipinski definition) is 4. The number of nitrogens with one attached hydrogen (secondary N) is 1. The molecule has 0 saturated carbocycles. The molecular formula is C20H18F2N4O. The van der Waals surface area contributed by atoms with Crippen molar-refractivity contribution in [3.8, 4) is 0 Å². The highest BCUT2D eigenvalue weighted by Gasteiger charge is 2.19. The van der Waals surface area contributed by atoms with Crippen LogP contribution in [-0.4, -0.2) is 22.4 Å². The molecule has 138 valence electrons. The minimum absolute atomic E-state index is 0.0496. The van der Waals surface area contributed by atoms with E-state index in [1.807, 2.05) is 37.3 Å². The fraction of sp³-hybridized carbons (Fsp3) is 0.150. The molecule has 1 heterocycles. The Morgan fingerprint density at radius 3 is 2.33 bits per heavy atom. The van der Waals surface area contributed by atoms with E-state index in [0.29, 0.717) is 12.2 Å². The fourth-order valence-electron chi connectivity index (χ4n) is 2.65. The second-order valence-electron chi connectivity index (χ2n) is 5.82. The Bertz CT molecular complexity index is 943. The lowest BCUT2D eigenvalue weighted by atomic mass is 10.2. The van der Waals surface area contributed by atoms with Gasteiger partial charge in [0.15, 0.2) is 0 Å². The number of aryl methyl sites for hydroxylation is 1. The summed E-state index contributed by atoms with van der Waals surface area (Å²) in [7, 11) is 0. The summed E-state index contributed by atoms with van der Waals surface area (Å²) in [4.78, 5) is 22.8. The van der Waals surface area contributed by atoms with Gasteiger partial charge in [0.25, 0.3) is 5.91 Å². The highest BCUT2D eigenvalue weighted by molar-refractivity contribution is 6.05. The first-order chi connectivity index (χ1) is 13.0. The third kappa shape index (κ3) is 4.08. The van der Waals surface area contributed by atoms with E-state index in [1.165, 1.54) is 12.1 Å². The maximum absolute atomic E-state index is 13.9. The second-order valence-corrected chi connectivity index (χ2v) is 5.82. The maximum Gasteiger partial charge on any atom is 0.277 e. The van der Waals surface area contributed by atoms with Crippen LogP contribution in [0.25, 0.3) is 0 Å². The zero-order valence-corrected chi connectivity index (χ0v) is 14.9. The first kappa shape index (κ1) is 18.4. The van der Waals surface area contributed by atoms with Crippen LogP contribution in [0, 0.1) is 18.6 Å². The van der Waals surface area contributed by atoms with E-state index < -0.39 is 11.6 Å². The highest BCUT2D eigenvalue weighted by Crippen LogP contribution is 2.22. The van der Waals surface area contributed by atoms with Gasteiger partial charge in [-0.3, -0.25) is 4.79 Å². The van der Waals surface area contributed by atoms with Crippen LogP contribution in [0.2, 0.25) is 0 Å². The van der Waals surface area contributed by atoms with E-state index in [9.17, 15) is 13.6 Å². The Kier molecular flexibility index (Phi) is 5.40. The molecule has 0 fully saturated rings. The minimum atomic E-state index is -0.771. The van der Waals surface area contributed by atoms with E-state index in [1.54, 1.807) is 11.8 Å². The van der Waals surface area contributed by atoms with Crippen molar-refractivity contribution in [1.82, 2.24) is 9.97 Å². The number of para-hydroxylation sites is 2. The van der Waals surface area contributed by atoms with Crippen molar-refractivity contribution in [2.24, 2.45) is 0 Å². The van der Waals surface area contributed by atoms with Crippen LogP contribution in [-0.2, 0) is 0 Å². The summed E-state index contributed by atoms with van der Waals surface area (Å²) in [5, 5.41) is 2.53. The van der Waals surface area contributed by atoms with E-state index in [0.717, 1.165) is 17.8 Å². The summed E-state index contributed by atoms with van der Waals surface area (Å²) in [6.07, 6.45) is 0. The molecule has 0 unspecified atom stereocenters. The van der Waals surface area contributed by atoms with Gasteiger partial charge in [0.1, 0.15) is 23.0 Å². The Labute approximate surface area is 155 Å². The largest absolute Gasteiger partial charge is 0.319 e. The monoisotopic (exact) mass is 368 g/mol. The summed E-state index contributed by atoms with van der Waals surface area (Å²) < 4.78 is 27.7. The van der Waals surface area contributed by atoms with Gasteiger partial charge in [0.2, 0.25) is 5.95 Å². The lowest BCUT2D eigenvalue weighted by Gasteiger charge is -2.21. The maximum atomic E-state index is 13.9. The van der Waals surface area contributed by atoms with Gasteiger partial charge in [-0.05, 0) is 44.2 Å². The van der Waals surface area contributed by atoms with Gasteiger partial charge in [0, 0.05) is 17.9 Å². The van der Waals surface area contributed by atoms with Crippen LogP contribution in [0.3, 0.4) is 0 Å². The normalized spacial score (nSPS) is 10.5. The molecular weight excluding hydrogens is 350 g/mol. The molecule has 0 spiro atoms. The van der Waals surface area contributed by atoms with Gasteiger partial charge in [-0.1, -0.05) is 24.3 Å². The molecule has 1 N–H and O–H groups in total. The van der Waals surface area contributed by atoms with E-state index in [2.05, 4.69) is 15.3 Å². The number of hydrogen-bond donors (Lipinski definition) is 1. The number of benzene rings is 2. The van der Waals surface area contributed by atoms with Gasteiger partial charge in [-0.2, -0.15) is 0 Å². The predicted octanol–water partition coefficient (Wildman–Crippen LogP) is 4.47. The van der Waals surface area contributed by atoms with Crippen molar-refractivity contribution in [2.75, 3.05) is 16.8 Å². The number of aromatic nitrogens is 2. The molecule has 0 radical (unpaired) electrons. The van der Waals surface area contributed by atoms with Crippen LogP contribution in [0.15, 0.2) is 54.6 Å². The zero-order valence-electron chi connectivity index (χ0n) is 14.9. The summed E-state index contributed by atoms with van der Waals surface area (Å²) in [6, 6.07) is 14.2. The summed E-state index contributed by atoms with van der Waals surface area (Å²) in [5.41, 5.74) is 0.997. The second kappa shape index (κ2) is 7.90. The van der Waals surface area contributed by atoms with Gasteiger partial charge in [-0.25, -0.2) is 18.7 Å². The standard InChI is InChI=1S/C20H18F2N4O/c1-3-26(14-8-5-4-6-9-14)19(27)17-12-13(2)23-20(24-17)25-18-15(21)10-7-11-16(18)22/h4-12H,3H2,1-2H3,(H,23,24,25). The van der Waals surface area contributed by atoms with Crippen LogP contribution in [0.1, 0.15) is 23.1 Å². The molecule has 3 rings (SSSR count). The first-order valence-corrected chi connectivity index (χ1v) is 8.43. The summed E-state index contributed by atoms with van der Waals surface area (Å²) in [5.74, 6) is -1.92. The Hall–Kier alpha value is -3.35. The molecule has 1 aromatic heterocycles. The molecule has 2 aromatic carbocycles.